The van der Waals surface area contributed by atoms with Crippen molar-refractivity contribution in [1.82, 2.24) is 14.5 Å². The number of ether oxygens (including phenoxy) is 2. The van der Waals surface area contributed by atoms with Gasteiger partial charge in [-0.25, -0.2) is 9.97 Å². The number of aliphatic hydroxyl groups is 1. The van der Waals surface area contributed by atoms with Crippen LogP contribution >= 0.6 is 11.6 Å². The Labute approximate surface area is 150 Å². The molecule has 0 aliphatic carbocycles. The van der Waals surface area contributed by atoms with Crippen LogP contribution in [0.1, 0.15) is 17.5 Å². The van der Waals surface area contributed by atoms with E-state index < -0.39 is 12.5 Å². The van der Waals surface area contributed by atoms with Crippen LogP contribution in [-0.2, 0) is 11.5 Å². The topological polar surface area (TPSA) is 69.4 Å². The zero-order chi connectivity index (χ0) is 18.9. The zero-order valence-corrected chi connectivity index (χ0v) is 14.1. The maximum absolute atomic E-state index is 12.2. The first kappa shape index (κ1) is 18.4. The van der Waals surface area contributed by atoms with E-state index in [9.17, 15) is 18.3 Å². The van der Waals surface area contributed by atoms with Crippen LogP contribution in [0.15, 0.2) is 36.5 Å². The highest BCUT2D eigenvalue weighted by atomic mass is 35.5. The Morgan fingerprint density at radius 3 is 2.58 bits per heavy atom. The maximum atomic E-state index is 12.2. The molecule has 1 atom stereocenters. The second kappa shape index (κ2) is 7.10. The van der Waals surface area contributed by atoms with E-state index in [0.717, 1.165) is 12.1 Å². The lowest BCUT2D eigenvalue weighted by molar-refractivity contribution is -0.274. The molecular formula is C16H13ClF3N3O3. The molecule has 0 fully saturated rings. The minimum atomic E-state index is -4.78. The van der Waals surface area contributed by atoms with E-state index in [4.69, 9.17) is 16.3 Å². The molecule has 3 aromatic rings. The molecule has 0 aliphatic rings. The number of hydrogen-bond acceptors (Lipinski definition) is 5. The van der Waals surface area contributed by atoms with Crippen molar-refractivity contribution in [3.8, 4) is 5.75 Å². The number of imidazole rings is 1. The van der Waals surface area contributed by atoms with Crippen molar-refractivity contribution >= 4 is 22.8 Å². The van der Waals surface area contributed by atoms with Gasteiger partial charge in [0.05, 0.1) is 10.5 Å². The van der Waals surface area contributed by atoms with Crippen LogP contribution in [0.4, 0.5) is 13.2 Å². The highest BCUT2D eigenvalue weighted by Gasteiger charge is 2.31. The van der Waals surface area contributed by atoms with E-state index in [0.29, 0.717) is 21.7 Å². The van der Waals surface area contributed by atoms with Gasteiger partial charge in [0.25, 0.3) is 0 Å². The first-order valence-electron chi connectivity index (χ1n) is 7.33. The van der Waals surface area contributed by atoms with E-state index in [1.165, 1.54) is 25.4 Å². The third-order valence-corrected chi connectivity index (χ3v) is 3.74. The number of alkyl halides is 3. The summed E-state index contributed by atoms with van der Waals surface area (Å²) in [6, 6.07) is 6.51. The standard InChI is InChI=1S/C16H13ClF3N3O3/c1-25-8-23-12-6-10(17)7-21-14(12)22-15(23)13(24)9-2-4-11(5-3-9)26-16(18,19)20/h2-7,13,24H,8H2,1H3. The van der Waals surface area contributed by atoms with Gasteiger partial charge in [-0.3, -0.25) is 4.57 Å². The molecule has 0 bridgehead atoms. The summed E-state index contributed by atoms with van der Waals surface area (Å²) in [6.07, 6.45) is -4.57. The summed E-state index contributed by atoms with van der Waals surface area (Å²) in [5.41, 5.74) is 1.25. The Hall–Kier alpha value is -2.36. The van der Waals surface area contributed by atoms with Crippen LogP contribution in [-0.4, -0.2) is 33.1 Å². The number of methoxy groups -OCH3 is 1. The number of halogens is 4. The van der Waals surface area contributed by atoms with Crippen LogP contribution in [0.3, 0.4) is 0 Å². The number of benzene rings is 1. The van der Waals surface area contributed by atoms with Crippen molar-refractivity contribution in [2.75, 3.05) is 7.11 Å². The van der Waals surface area contributed by atoms with Gasteiger partial charge in [0.15, 0.2) is 5.65 Å². The van der Waals surface area contributed by atoms with E-state index in [-0.39, 0.29) is 18.3 Å². The van der Waals surface area contributed by atoms with E-state index >= 15 is 0 Å². The monoisotopic (exact) mass is 387 g/mol. The van der Waals surface area contributed by atoms with Gasteiger partial charge in [-0.1, -0.05) is 23.7 Å². The molecule has 0 aliphatic heterocycles. The third kappa shape index (κ3) is 3.90. The number of nitrogens with zero attached hydrogens (tertiary/aromatic N) is 3. The van der Waals surface area contributed by atoms with Gasteiger partial charge in [-0.2, -0.15) is 0 Å². The minimum Gasteiger partial charge on any atom is -0.406 e. The first-order chi connectivity index (χ1) is 12.3. The summed E-state index contributed by atoms with van der Waals surface area (Å²) >= 11 is 5.95. The number of rotatable bonds is 5. The second-order valence-corrected chi connectivity index (χ2v) is 5.77. The SMILES string of the molecule is COCn1c(C(O)c2ccc(OC(F)(F)F)cc2)nc2ncc(Cl)cc21. The normalized spacial score (nSPS) is 13.2. The number of hydrogen-bond donors (Lipinski definition) is 1. The van der Waals surface area contributed by atoms with Gasteiger partial charge in [0.1, 0.15) is 24.4 Å². The Balaban J connectivity index is 1.96. The molecule has 1 unspecified atom stereocenters. The van der Waals surface area contributed by atoms with Gasteiger partial charge in [0.2, 0.25) is 0 Å². The van der Waals surface area contributed by atoms with Crippen molar-refractivity contribution in [2.45, 2.75) is 19.2 Å². The van der Waals surface area contributed by atoms with Gasteiger partial charge in [0, 0.05) is 13.3 Å². The number of pyridine rings is 1. The van der Waals surface area contributed by atoms with Crippen molar-refractivity contribution in [1.29, 1.82) is 0 Å². The molecule has 6 nitrogen and oxygen atoms in total. The first-order valence-corrected chi connectivity index (χ1v) is 7.70. The van der Waals surface area contributed by atoms with Gasteiger partial charge in [-0.05, 0) is 23.8 Å². The van der Waals surface area contributed by atoms with Crippen LogP contribution < -0.4 is 4.74 Å². The summed E-state index contributed by atoms with van der Waals surface area (Å²) in [4.78, 5) is 8.38. The largest absolute Gasteiger partial charge is 0.573 e. The lowest BCUT2D eigenvalue weighted by Crippen LogP contribution is -2.17. The lowest BCUT2D eigenvalue weighted by atomic mass is 10.1. The van der Waals surface area contributed by atoms with E-state index in [1.807, 2.05) is 0 Å². The summed E-state index contributed by atoms with van der Waals surface area (Å²) in [6.45, 7) is 0.0835. The van der Waals surface area contributed by atoms with E-state index in [1.54, 1.807) is 10.6 Å². The quantitative estimate of drug-likeness (QED) is 0.723. The minimum absolute atomic E-state index is 0.0835. The Morgan fingerprint density at radius 1 is 1.27 bits per heavy atom. The molecule has 2 heterocycles. The molecule has 1 aromatic carbocycles. The molecule has 0 saturated heterocycles. The third-order valence-electron chi connectivity index (χ3n) is 3.53. The molecular weight excluding hydrogens is 375 g/mol. The summed E-state index contributed by atoms with van der Waals surface area (Å²) < 4.78 is 47.2. The average Bonchev–Trinajstić information content (AvgIpc) is 2.92. The van der Waals surface area contributed by atoms with Crippen LogP contribution in [0.25, 0.3) is 11.2 Å². The lowest BCUT2D eigenvalue weighted by Gasteiger charge is -2.14. The maximum Gasteiger partial charge on any atom is 0.573 e. The fourth-order valence-electron chi connectivity index (χ4n) is 2.47. The smallest absolute Gasteiger partial charge is 0.406 e. The number of aromatic nitrogens is 3. The summed E-state index contributed by atoms with van der Waals surface area (Å²) in [7, 11) is 1.48. The van der Waals surface area contributed by atoms with Crippen molar-refractivity contribution in [2.24, 2.45) is 0 Å². The van der Waals surface area contributed by atoms with Crippen molar-refractivity contribution in [3.05, 3.63) is 52.9 Å². The van der Waals surface area contributed by atoms with Gasteiger partial charge >= 0.3 is 6.36 Å². The summed E-state index contributed by atoms with van der Waals surface area (Å²) in [5, 5.41) is 11.0. The fraction of sp³-hybridized carbons (Fsp3) is 0.250. The molecule has 0 radical (unpaired) electrons. The van der Waals surface area contributed by atoms with Crippen molar-refractivity contribution in [3.63, 3.8) is 0 Å². The Morgan fingerprint density at radius 2 is 1.96 bits per heavy atom. The predicted molar refractivity (Wildman–Crippen MR) is 86.7 cm³/mol. The molecule has 138 valence electrons. The molecule has 10 heteroatoms. The number of aliphatic hydroxyl groups excluding tert-OH is 1. The predicted octanol–water partition coefficient (Wildman–Crippen LogP) is 3.67. The molecule has 3 rings (SSSR count). The fourth-order valence-corrected chi connectivity index (χ4v) is 2.62. The van der Waals surface area contributed by atoms with Crippen LogP contribution in [0.5, 0.6) is 5.75 Å². The summed E-state index contributed by atoms with van der Waals surface area (Å²) in [5.74, 6) is -0.159. The Kier molecular flexibility index (Phi) is 5.03. The molecule has 0 amide bonds. The molecule has 0 saturated carbocycles. The molecule has 1 N–H and O–H groups in total. The molecule has 26 heavy (non-hydrogen) atoms. The molecule has 0 spiro atoms. The Bertz CT molecular complexity index is 913. The second-order valence-electron chi connectivity index (χ2n) is 5.33. The van der Waals surface area contributed by atoms with E-state index in [2.05, 4.69) is 14.7 Å². The zero-order valence-electron chi connectivity index (χ0n) is 13.4. The van der Waals surface area contributed by atoms with Gasteiger partial charge < -0.3 is 14.6 Å². The van der Waals surface area contributed by atoms with Gasteiger partial charge in [-0.15, -0.1) is 13.2 Å². The van der Waals surface area contributed by atoms with Crippen molar-refractivity contribution < 1.29 is 27.8 Å². The van der Waals surface area contributed by atoms with Crippen LogP contribution in [0.2, 0.25) is 5.02 Å². The van der Waals surface area contributed by atoms with Crippen LogP contribution in [0, 0.1) is 0 Å². The average molecular weight is 388 g/mol. The molecule has 2 aromatic heterocycles. The number of fused-ring (bicyclic) bond motifs is 1. The highest BCUT2D eigenvalue weighted by Crippen LogP contribution is 2.29. The highest BCUT2D eigenvalue weighted by molar-refractivity contribution is 6.31.